The predicted molar refractivity (Wildman–Crippen MR) is 82.0 cm³/mol. The van der Waals surface area contributed by atoms with Crippen LogP contribution in [0.5, 0.6) is 0 Å². The topological polar surface area (TPSA) is 65.8 Å². The third-order valence-corrected chi connectivity index (χ3v) is 5.32. The van der Waals surface area contributed by atoms with Crippen LogP contribution in [0.1, 0.15) is 12.0 Å². The maximum absolute atomic E-state index is 12.2. The van der Waals surface area contributed by atoms with Crippen molar-refractivity contribution in [2.75, 3.05) is 6.54 Å². The van der Waals surface area contributed by atoms with Gasteiger partial charge in [-0.05, 0) is 31.0 Å². The lowest BCUT2D eigenvalue weighted by Crippen LogP contribution is -2.33. The molecule has 0 unspecified atom stereocenters. The Morgan fingerprint density at radius 1 is 1.29 bits per heavy atom. The zero-order chi connectivity index (χ0) is 15.5. The van der Waals surface area contributed by atoms with Crippen molar-refractivity contribution in [1.29, 1.82) is 0 Å². The standard InChI is InChI=1S/C13H15Cl2N3O2S/c1-10-7-13(12(15)8-11(10)14)21(19,20)17-3-2-5-18-6-4-16-9-18/h4,6-9,17H,2-3,5H2,1H3/p+1. The number of imidazole rings is 1. The lowest BCUT2D eigenvalue weighted by molar-refractivity contribution is -0.695. The molecule has 0 saturated carbocycles. The van der Waals surface area contributed by atoms with E-state index in [1.165, 1.54) is 12.1 Å². The molecule has 0 atom stereocenters. The van der Waals surface area contributed by atoms with Crippen LogP contribution in [0.25, 0.3) is 0 Å². The van der Waals surface area contributed by atoms with Crippen LogP contribution >= 0.6 is 23.2 Å². The van der Waals surface area contributed by atoms with E-state index in [2.05, 4.69) is 9.71 Å². The number of halogens is 2. The highest BCUT2D eigenvalue weighted by Gasteiger charge is 2.18. The van der Waals surface area contributed by atoms with E-state index in [4.69, 9.17) is 23.2 Å². The molecule has 0 aliphatic heterocycles. The number of nitrogens with one attached hydrogen (secondary N) is 2. The predicted octanol–water partition coefficient (Wildman–Crippen LogP) is 2.29. The third kappa shape index (κ3) is 4.20. The van der Waals surface area contributed by atoms with E-state index in [0.717, 1.165) is 6.54 Å². The Bertz CT molecular complexity index is 715. The van der Waals surface area contributed by atoms with Crippen molar-refractivity contribution >= 4 is 33.2 Å². The quantitative estimate of drug-likeness (QED) is 0.621. The first kappa shape index (κ1) is 16.3. The summed E-state index contributed by atoms with van der Waals surface area (Å²) >= 11 is 11.9. The number of aryl methyl sites for hydroxylation is 2. The summed E-state index contributed by atoms with van der Waals surface area (Å²) in [5.74, 6) is 0. The Hall–Kier alpha value is -1.08. The summed E-state index contributed by atoms with van der Waals surface area (Å²) in [6.07, 6.45) is 6.17. The Morgan fingerprint density at radius 2 is 2.05 bits per heavy atom. The van der Waals surface area contributed by atoms with Crippen LogP contribution in [0.2, 0.25) is 10.0 Å². The number of aromatic nitrogens is 2. The highest BCUT2D eigenvalue weighted by molar-refractivity contribution is 7.89. The van der Waals surface area contributed by atoms with Gasteiger partial charge in [0.15, 0.2) is 0 Å². The van der Waals surface area contributed by atoms with Crippen LogP contribution in [0, 0.1) is 6.92 Å². The van der Waals surface area contributed by atoms with Crippen LogP contribution in [-0.4, -0.2) is 19.9 Å². The molecule has 0 bridgehead atoms. The summed E-state index contributed by atoms with van der Waals surface area (Å²) in [7, 11) is -3.63. The smallest absolute Gasteiger partial charge is 0.242 e. The molecule has 0 fully saturated rings. The van der Waals surface area contributed by atoms with Crippen molar-refractivity contribution in [3.05, 3.63) is 46.5 Å². The Labute approximate surface area is 134 Å². The summed E-state index contributed by atoms with van der Waals surface area (Å²) in [5.41, 5.74) is 0.671. The average Bonchev–Trinajstić information content (AvgIpc) is 2.92. The maximum Gasteiger partial charge on any atom is 0.242 e. The van der Waals surface area contributed by atoms with Gasteiger partial charge in [-0.25, -0.2) is 17.7 Å². The van der Waals surface area contributed by atoms with Gasteiger partial charge < -0.3 is 0 Å². The first-order valence-corrected chi connectivity index (χ1v) is 8.61. The fourth-order valence-corrected chi connectivity index (χ4v) is 3.75. The van der Waals surface area contributed by atoms with E-state index in [0.29, 0.717) is 23.6 Å². The second-order valence-electron chi connectivity index (χ2n) is 4.63. The van der Waals surface area contributed by atoms with Crippen LogP contribution < -0.4 is 9.29 Å². The van der Waals surface area contributed by atoms with Gasteiger partial charge in [-0.15, -0.1) is 0 Å². The fourth-order valence-electron chi connectivity index (χ4n) is 1.84. The van der Waals surface area contributed by atoms with Gasteiger partial charge in [0, 0.05) is 11.6 Å². The molecule has 8 heteroatoms. The minimum atomic E-state index is -3.63. The Morgan fingerprint density at radius 3 is 2.71 bits per heavy atom. The summed E-state index contributed by atoms with van der Waals surface area (Å²) in [6.45, 7) is 2.79. The van der Waals surface area contributed by atoms with E-state index in [9.17, 15) is 8.42 Å². The number of hydrogen-bond acceptors (Lipinski definition) is 2. The van der Waals surface area contributed by atoms with Crippen LogP contribution in [-0.2, 0) is 16.6 Å². The van der Waals surface area contributed by atoms with Crippen molar-refractivity contribution in [2.45, 2.75) is 24.8 Å². The lowest BCUT2D eigenvalue weighted by atomic mass is 10.2. The third-order valence-electron chi connectivity index (χ3n) is 2.99. The van der Waals surface area contributed by atoms with Crippen molar-refractivity contribution < 1.29 is 13.0 Å². The maximum atomic E-state index is 12.2. The van der Waals surface area contributed by atoms with Crippen LogP contribution in [0.4, 0.5) is 0 Å². The minimum Gasteiger partial charge on any atom is -0.250 e. The van der Waals surface area contributed by atoms with Crippen LogP contribution in [0.15, 0.2) is 35.7 Å². The van der Waals surface area contributed by atoms with Gasteiger partial charge in [0.1, 0.15) is 17.3 Å². The highest BCUT2D eigenvalue weighted by Crippen LogP contribution is 2.27. The van der Waals surface area contributed by atoms with Crippen LogP contribution in [0.3, 0.4) is 0 Å². The van der Waals surface area contributed by atoms with Gasteiger partial charge in [0.05, 0.1) is 11.6 Å². The van der Waals surface area contributed by atoms with Crippen molar-refractivity contribution in [1.82, 2.24) is 9.71 Å². The molecule has 2 rings (SSSR count). The number of rotatable bonds is 6. The van der Waals surface area contributed by atoms with Crippen molar-refractivity contribution in [3.63, 3.8) is 0 Å². The molecule has 0 radical (unpaired) electrons. The first-order chi connectivity index (χ1) is 9.90. The lowest BCUT2D eigenvalue weighted by Gasteiger charge is -2.09. The zero-order valence-corrected chi connectivity index (χ0v) is 13.8. The number of hydrogen-bond donors (Lipinski definition) is 2. The molecule has 0 spiro atoms. The summed E-state index contributed by atoms with van der Waals surface area (Å²) < 4.78 is 28.9. The largest absolute Gasteiger partial charge is 0.250 e. The Balaban J connectivity index is 2.00. The van der Waals surface area contributed by atoms with Gasteiger partial charge in [0.25, 0.3) is 0 Å². The fraction of sp³-hybridized carbons (Fsp3) is 0.308. The van der Waals surface area contributed by atoms with Gasteiger partial charge in [-0.2, -0.15) is 0 Å². The van der Waals surface area contributed by atoms with E-state index in [1.54, 1.807) is 13.1 Å². The second-order valence-corrected chi connectivity index (χ2v) is 7.18. The molecule has 0 aliphatic rings. The number of sulfonamides is 1. The van der Waals surface area contributed by atoms with E-state index >= 15 is 0 Å². The van der Waals surface area contributed by atoms with Gasteiger partial charge in [-0.3, -0.25) is 4.98 Å². The number of aromatic amines is 1. The molecule has 2 N–H and O–H groups in total. The molecule has 21 heavy (non-hydrogen) atoms. The molecule has 1 aromatic heterocycles. The molecule has 1 aromatic carbocycles. The average molecular weight is 349 g/mol. The minimum absolute atomic E-state index is 0.0559. The first-order valence-electron chi connectivity index (χ1n) is 6.37. The van der Waals surface area contributed by atoms with Gasteiger partial charge >= 0.3 is 0 Å². The molecular formula is C13H16Cl2N3O2S+. The van der Waals surface area contributed by atoms with Crippen molar-refractivity contribution in [3.8, 4) is 0 Å². The van der Waals surface area contributed by atoms with Crippen molar-refractivity contribution in [2.24, 2.45) is 0 Å². The normalized spacial score (nSPS) is 11.8. The Kier molecular flexibility index (Phi) is 5.27. The zero-order valence-electron chi connectivity index (χ0n) is 11.4. The van der Waals surface area contributed by atoms with E-state index < -0.39 is 10.0 Å². The monoisotopic (exact) mass is 348 g/mol. The number of benzene rings is 1. The van der Waals surface area contributed by atoms with Gasteiger partial charge in [0.2, 0.25) is 16.4 Å². The molecular weight excluding hydrogens is 333 g/mol. The van der Waals surface area contributed by atoms with E-state index in [-0.39, 0.29) is 9.92 Å². The molecule has 2 aromatic rings. The second kappa shape index (κ2) is 6.79. The summed E-state index contributed by atoms with van der Waals surface area (Å²) in [4.78, 5) is 2.98. The molecule has 0 saturated heterocycles. The summed E-state index contributed by atoms with van der Waals surface area (Å²) in [5, 5.41) is 0.570. The van der Waals surface area contributed by atoms with Gasteiger partial charge in [-0.1, -0.05) is 23.2 Å². The SMILES string of the molecule is Cc1cc(S(=O)(=O)NCCC[n+]2cc[nH]c2)c(Cl)cc1Cl. The summed E-state index contributed by atoms with van der Waals surface area (Å²) in [6, 6.07) is 2.93. The number of H-pyrrole nitrogens is 1. The molecule has 0 amide bonds. The molecule has 1 heterocycles. The molecule has 114 valence electrons. The highest BCUT2D eigenvalue weighted by atomic mass is 35.5. The molecule has 5 nitrogen and oxygen atoms in total. The molecule has 0 aliphatic carbocycles. The number of nitrogens with zero attached hydrogens (tertiary/aromatic N) is 1. The van der Waals surface area contributed by atoms with E-state index in [1.807, 2.05) is 17.1 Å².